The number of rotatable bonds is 5. The van der Waals surface area contributed by atoms with E-state index >= 15 is 0 Å². The number of benzene rings is 1. The molecule has 0 bridgehead atoms. The normalized spacial score (nSPS) is 11.2. The zero-order valence-corrected chi connectivity index (χ0v) is 18.0. The van der Waals surface area contributed by atoms with Gasteiger partial charge in [0, 0.05) is 27.9 Å². The van der Waals surface area contributed by atoms with Crippen molar-refractivity contribution in [2.45, 2.75) is 39.2 Å². The summed E-state index contributed by atoms with van der Waals surface area (Å²) in [6, 6.07) is 12.7. The minimum absolute atomic E-state index is 0.152. The lowest BCUT2D eigenvalue weighted by atomic mass is 9.99. The lowest BCUT2D eigenvalue weighted by Crippen LogP contribution is -2.42. The summed E-state index contributed by atoms with van der Waals surface area (Å²) in [5, 5.41) is 12.6. The van der Waals surface area contributed by atoms with Crippen LogP contribution in [0.1, 0.15) is 49.7 Å². The van der Waals surface area contributed by atoms with Crippen molar-refractivity contribution in [3.05, 3.63) is 65.2 Å². The van der Waals surface area contributed by atoms with Gasteiger partial charge in [-0.05, 0) is 44.0 Å². The van der Waals surface area contributed by atoms with Crippen LogP contribution in [0.4, 0.5) is 0 Å². The number of hydrogen-bond acceptors (Lipinski definition) is 5. The zero-order valence-electron chi connectivity index (χ0n) is 17.3. The van der Waals surface area contributed by atoms with Gasteiger partial charge < -0.3 is 5.32 Å². The number of nitrogens with zero attached hydrogens (tertiary/aromatic N) is 4. The molecule has 0 aliphatic carbocycles. The lowest BCUT2D eigenvalue weighted by Gasteiger charge is -2.18. The average molecular weight is 420 g/mol. The Morgan fingerprint density at radius 1 is 1.17 bits per heavy atom. The Labute approximate surface area is 181 Å². The van der Waals surface area contributed by atoms with E-state index in [2.05, 4.69) is 21.4 Å². The molecule has 0 fully saturated rings. The van der Waals surface area contributed by atoms with E-state index in [0.717, 1.165) is 16.8 Å². The van der Waals surface area contributed by atoms with Gasteiger partial charge in [0.15, 0.2) is 0 Å². The predicted molar refractivity (Wildman–Crippen MR) is 117 cm³/mol. The van der Waals surface area contributed by atoms with Gasteiger partial charge >= 0.3 is 0 Å². The maximum atomic E-state index is 12.9. The van der Waals surface area contributed by atoms with Crippen molar-refractivity contribution in [3.8, 4) is 28.6 Å². The minimum Gasteiger partial charge on any atom is -0.334 e. The van der Waals surface area contributed by atoms with E-state index in [9.17, 15) is 10.1 Å². The van der Waals surface area contributed by atoms with Crippen LogP contribution < -0.4 is 5.32 Å². The first kappa shape index (κ1) is 21.4. The second kappa shape index (κ2) is 8.60. The van der Waals surface area contributed by atoms with Gasteiger partial charge in [-0.2, -0.15) is 5.26 Å². The Hall–Kier alpha value is -3.30. The number of aromatic nitrogens is 3. The van der Waals surface area contributed by atoms with Crippen LogP contribution in [0.2, 0.25) is 5.02 Å². The van der Waals surface area contributed by atoms with Crippen LogP contribution in [0.5, 0.6) is 0 Å². The number of pyridine rings is 1. The SMILES string of the molecule is CC(C)c1ncncc1-c1cc(C(=O)NC(C)(C)C#N)cc(-c2ccc(Cl)cc2)n1. The van der Waals surface area contributed by atoms with Crippen LogP contribution >= 0.6 is 11.6 Å². The minimum atomic E-state index is -1.00. The van der Waals surface area contributed by atoms with Crippen LogP contribution in [-0.4, -0.2) is 26.4 Å². The first-order chi connectivity index (χ1) is 14.2. The summed E-state index contributed by atoms with van der Waals surface area (Å²) < 4.78 is 0. The van der Waals surface area contributed by atoms with Gasteiger partial charge in [-0.25, -0.2) is 15.0 Å². The van der Waals surface area contributed by atoms with Crippen molar-refractivity contribution in [1.29, 1.82) is 5.26 Å². The Kier molecular flexibility index (Phi) is 6.14. The van der Waals surface area contributed by atoms with Gasteiger partial charge in [0.1, 0.15) is 11.9 Å². The number of hydrogen-bond donors (Lipinski definition) is 1. The highest BCUT2D eigenvalue weighted by molar-refractivity contribution is 6.30. The van der Waals surface area contributed by atoms with Gasteiger partial charge in [-0.15, -0.1) is 0 Å². The molecule has 2 heterocycles. The number of nitrogens with one attached hydrogen (secondary N) is 1. The summed E-state index contributed by atoms with van der Waals surface area (Å²) in [4.78, 5) is 26.3. The van der Waals surface area contributed by atoms with Crippen molar-refractivity contribution in [1.82, 2.24) is 20.3 Å². The van der Waals surface area contributed by atoms with Crippen molar-refractivity contribution in [2.75, 3.05) is 0 Å². The second-order valence-corrected chi connectivity index (χ2v) is 8.24. The molecule has 0 saturated carbocycles. The Morgan fingerprint density at radius 3 is 2.47 bits per heavy atom. The molecule has 3 aromatic rings. The molecule has 7 heteroatoms. The maximum absolute atomic E-state index is 12.9. The average Bonchev–Trinajstić information content (AvgIpc) is 2.73. The summed E-state index contributed by atoms with van der Waals surface area (Å²) in [7, 11) is 0. The number of amides is 1. The molecule has 0 aliphatic rings. The van der Waals surface area contributed by atoms with Crippen LogP contribution in [-0.2, 0) is 0 Å². The number of carbonyl (C=O) groups is 1. The highest BCUT2D eigenvalue weighted by atomic mass is 35.5. The van der Waals surface area contributed by atoms with E-state index in [0.29, 0.717) is 22.0 Å². The highest BCUT2D eigenvalue weighted by Crippen LogP contribution is 2.29. The first-order valence-corrected chi connectivity index (χ1v) is 9.90. The van der Waals surface area contributed by atoms with E-state index in [4.69, 9.17) is 16.6 Å². The molecule has 0 saturated heterocycles. The maximum Gasteiger partial charge on any atom is 0.252 e. The molecule has 1 aromatic carbocycles. The lowest BCUT2D eigenvalue weighted by molar-refractivity contribution is 0.0929. The third-order valence-corrected chi connectivity index (χ3v) is 4.75. The molecule has 1 amide bonds. The van der Waals surface area contributed by atoms with E-state index in [1.54, 1.807) is 44.3 Å². The molecule has 2 aromatic heterocycles. The van der Waals surface area contributed by atoms with Crippen LogP contribution in [0, 0.1) is 11.3 Å². The van der Waals surface area contributed by atoms with Crippen LogP contribution in [0.3, 0.4) is 0 Å². The second-order valence-electron chi connectivity index (χ2n) is 7.80. The summed E-state index contributed by atoms with van der Waals surface area (Å²) in [5.41, 5.74) is 3.02. The molecule has 0 unspecified atom stereocenters. The Balaban J connectivity index is 2.18. The summed E-state index contributed by atoms with van der Waals surface area (Å²) in [6.45, 7) is 7.37. The number of carbonyl (C=O) groups excluding carboxylic acids is 1. The standard InChI is InChI=1S/C23H22ClN5O/c1-14(2)21-18(11-26-13-27-21)20-10-16(22(30)29-23(3,4)12-25)9-19(28-20)15-5-7-17(24)8-6-15/h5-11,13-14H,1-4H3,(H,29,30). The molecule has 152 valence electrons. The van der Waals surface area contributed by atoms with E-state index in [-0.39, 0.29) is 11.8 Å². The fourth-order valence-corrected chi connectivity index (χ4v) is 3.07. The van der Waals surface area contributed by atoms with Crippen molar-refractivity contribution in [2.24, 2.45) is 0 Å². The molecular formula is C23H22ClN5O. The first-order valence-electron chi connectivity index (χ1n) is 9.52. The fourth-order valence-electron chi connectivity index (χ4n) is 2.95. The summed E-state index contributed by atoms with van der Waals surface area (Å²) in [6.07, 6.45) is 3.21. The van der Waals surface area contributed by atoms with Gasteiger partial charge in [-0.3, -0.25) is 4.79 Å². The van der Waals surface area contributed by atoms with Gasteiger partial charge in [0.05, 0.1) is 23.2 Å². The fraction of sp³-hybridized carbons (Fsp3) is 0.261. The third kappa shape index (κ3) is 4.81. The zero-order chi connectivity index (χ0) is 21.9. The molecular weight excluding hydrogens is 398 g/mol. The van der Waals surface area contributed by atoms with E-state index in [1.165, 1.54) is 6.33 Å². The van der Waals surface area contributed by atoms with Crippen LogP contribution in [0.25, 0.3) is 22.5 Å². The Morgan fingerprint density at radius 2 is 1.83 bits per heavy atom. The van der Waals surface area contributed by atoms with Crippen molar-refractivity contribution in [3.63, 3.8) is 0 Å². The highest BCUT2D eigenvalue weighted by Gasteiger charge is 2.22. The molecule has 1 N–H and O–H groups in total. The van der Waals surface area contributed by atoms with Gasteiger partial charge in [-0.1, -0.05) is 37.6 Å². The smallest absolute Gasteiger partial charge is 0.252 e. The molecule has 0 atom stereocenters. The van der Waals surface area contributed by atoms with Gasteiger partial charge in [0.2, 0.25) is 0 Å². The number of halogens is 1. The molecule has 0 spiro atoms. The van der Waals surface area contributed by atoms with Crippen molar-refractivity contribution < 1.29 is 4.79 Å². The molecule has 6 nitrogen and oxygen atoms in total. The summed E-state index contributed by atoms with van der Waals surface area (Å²) >= 11 is 6.02. The monoisotopic (exact) mass is 419 g/mol. The van der Waals surface area contributed by atoms with Gasteiger partial charge in [0.25, 0.3) is 5.91 Å². The van der Waals surface area contributed by atoms with E-state index < -0.39 is 5.54 Å². The quantitative estimate of drug-likeness (QED) is 0.627. The molecule has 3 rings (SSSR count). The predicted octanol–water partition coefficient (Wildman–Crippen LogP) is 5.01. The largest absolute Gasteiger partial charge is 0.334 e. The molecule has 0 radical (unpaired) electrons. The molecule has 30 heavy (non-hydrogen) atoms. The van der Waals surface area contributed by atoms with E-state index in [1.807, 2.05) is 26.0 Å². The third-order valence-electron chi connectivity index (χ3n) is 4.50. The topological polar surface area (TPSA) is 91.6 Å². The number of nitriles is 1. The Bertz CT molecular complexity index is 1120. The summed E-state index contributed by atoms with van der Waals surface area (Å²) in [5.74, 6) is -0.206. The molecule has 0 aliphatic heterocycles. The van der Waals surface area contributed by atoms with Crippen molar-refractivity contribution >= 4 is 17.5 Å². The van der Waals surface area contributed by atoms with Crippen LogP contribution in [0.15, 0.2) is 48.9 Å².